The maximum atomic E-state index is 13.2. The standard InChI is InChI=1S/C25H26FN5O2S/c1-2-33-22-8-4-3-6-18(22)14-27-23(32)19-7-5-13-30(15-19)25-29-31-16-21(28-24(31)34-25)17-9-11-20(26)12-10-17/h3-4,6,8-12,16,19H,2,5,7,13-15H2,1H3,(H,27,32)/t19-/m1/s1. The lowest BCUT2D eigenvalue weighted by Gasteiger charge is -2.31. The summed E-state index contributed by atoms with van der Waals surface area (Å²) in [5.41, 5.74) is 2.58. The first-order chi connectivity index (χ1) is 16.6. The summed E-state index contributed by atoms with van der Waals surface area (Å²) in [4.78, 5) is 20.5. The van der Waals surface area contributed by atoms with Gasteiger partial charge in [0.05, 0.1) is 24.4 Å². The summed E-state index contributed by atoms with van der Waals surface area (Å²) in [7, 11) is 0. The van der Waals surface area contributed by atoms with Gasteiger partial charge in [-0.1, -0.05) is 29.5 Å². The molecule has 2 aromatic heterocycles. The maximum absolute atomic E-state index is 13.2. The van der Waals surface area contributed by atoms with E-state index in [1.54, 1.807) is 16.6 Å². The second-order valence-corrected chi connectivity index (χ2v) is 9.22. The van der Waals surface area contributed by atoms with Gasteiger partial charge in [-0.2, -0.15) is 0 Å². The molecule has 9 heteroatoms. The van der Waals surface area contributed by atoms with Crippen molar-refractivity contribution in [2.24, 2.45) is 5.92 Å². The van der Waals surface area contributed by atoms with Crippen LogP contribution in [-0.4, -0.2) is 40.2 Å². The molecule has 3 heterocycles. The number of nitrogens with one attached hydrogen (secondary N) is 1. The molecule has 0 bridgehead atoms. The van der Waals surface area contributed by atoms with Gasteiger partial charge in [-0.25, -0.2) is 13.9 Å². The van der Waals surface area contributed by atoms with Gasteiger partial charge >= 0.3 is 0 Å². The number of hydrogen-bond donors (Lipinski definition) is 1. The number of aromatic nitrogens is 3. The number of rotatable bonds is 7. The van der Waals surface area contributed by atoms with Crippen LogP contribution in [0.4, 0.5) is 9.52 Å². The van der Waals surface area contributed by atoms with Crippen LogP contribution < -0.4 is 15.0 Å². The zero-order valence-electron chi connectivity index (χ0n) is 18.9. The molecular formula is C25H26FN5O2S. The Balaban J connectivity index is 1.23. The minimum absolute atomic E-state index is 0.0518. The van der Waals surface area contributed by atoms with E-state index in [4.69, 9.17) is 9.84 Å². The predicted octanol–water partition coefficient (Wildman–Crippen LogP) is 4.53. The average molecular weight is 480 g/mol. The molecule has 34 heavy (non-hydrogen) atoms. The van der Waals surface area contributed by atoms with Crippen LogP contribution in [0.2, 0.25) is 0 Å². The Morgan fingerprint density at radius 1 is 1.24 bits per heavy atom. The van der Waals surface area contributed by atoms with E-state index in [1.165, 1.54) is 23.5 Å². The fourth-order valence-electron chi connectivity index (χ4n) is 4.21. The predicted molar refractivity (Wildman–Crippen MR) is 131 cm³/mol. The van der Waals surface area contributed by atoms with E-state index in [0.29, 0.717) is 19.7 Å². The van der Waals surface area contributed by atoms with Gasteiger partial charge in [0.15, 0.2) is 0 Å². The molecule has 1 fully saturated rings. The van der Waals surface area contributed by atoms with Crippen LogP contribution >= 0.6 is 11.3 Å². The Bertz CT molecular complexity index is 1250. The Morgan fingerprint density at radius 2 is 2.06 bits per heavy atom. The third-order valence-electron chi connectivity index (χ3n) is 5.96. The molecule has 0 radical (unpaired) electrons. The van der Waals surface area contributed by atoms with E-state index in [2.05, 4.69) is 15.2 Å². The van der Waals surface area contributed by atoms with Gasteiger partial charge in [0, 0.05) is 30.8 Å². The molecule has 1 atom stereocenters. The van der Waals surface area contributed by atoms with Gasteiger partial charge in [-0.05, 0) is 50.1 Å². The van der Waals surface area contributed by atoms with Crippen LogP contribution in [0, 0.1) is 11.7 Å². The molecule has 176 valence electrons. The molecule has 0 unspecified atom stereocenters. The first-order valence-corrected chi connectivity index (χ1v) is 12.3. The van der Waals surface area contributed by atoms with E-state index in [-0.39, 0.29) is 17.6 Å². The smallest absolute Gasteiger partial charge is 0.225 e. The van der Waals surface area contributed by atoms with Crippen LogP contribution in [0.3, 0.4) is 0 Å². The summed E-state index contributed by atoms with van der Waals surface area (Å²) >= 11 is 1.50. The fraction of sp³-hybridized carbons (Fsp3) is 0.320. The molecule has 1 aliphatic rings. The number of piperidine rings is 1. The van der Waals surface area contributed by atoms with Gasteiger partial charge in [0.1, 0.15) is 11.6 Å². The maximum Gasteiger partial charge on any atom is 0.225 e. The minimum atomic E-state index is -0.271. The molecular weight excluding hydrogens is 453 g/mol. The number of carbonyl (C=O) groups is 1. The lowest BCUT2D eigenvalue weighted by Crippen LogP contribution is -2.43. The van der Waals surface area contributed by atoms with Crippen molar-refractivity contribution in [1.82, 2.24) is 19.9 Å². The van der Waals surface area contributed by atoms with Gasteiger partial charge in [0.25, 0.3) is 0 Å². The van der Waals surface area contributed by atoms with E-state index in [9.17, 15) is 9.18 Å². The lowest BCUT2D eigenvalue weighted by atomic mass is 9.97. The summed E-state index contributed by atoms with van der Waals surface area (Å²) in [5, 5.41) is 8.63. The lowest BCUT2D eigenvalue weighted by molar-refractivity contribution is -0.125. The summed E-state index contributed by atoms with van der Waals surface area (Å²) < 4.78 is 20.6. The Morgan fingerprint density at radius 3 is 2.85 bits per heavy atom. The summed E-state index contributed by atoms with van der Waals surface area (Å²) in [5.74, 6) is 0.490. The SMILES string of the molecule is CCOc1ccccc1CNC(=O)[C@@H]1CCCN(c2nn3cc(-c4ccc(F)cc4)nc3s2)C1. The highest BCUT2D eigenvalue weighted by Gasteiger charge is 2.28. The highest BCUT2D eigenvalue weighted by molar-refractivity contribution is 7.20. The summed E-state index contributed by atoms with van der Waals surface area (Å²) in [6, 6.07) is 14.1. The van der Waals surface area contributed by atoms with Crippen LogP contribution in [-0.2, 0) is 11.3 Å². The molecule has 0 saturated carbocycles. The Kier molecular flexibility index (Phi) is 6.44. The second-order valence-electron chi connectivity index (χ2n) is 8.29. The summed E-state index contributed by atoms with van der Waals surface area (Å²) in [6.45, 7) is 4.47. The Hall–Kier alpha value is -3.46. The van der Waals surface area contributed by atoms with Gasteiger partial charge in [0.2, 0.25) is 16.0 Å². The molecule has 0 aliphatic carbocycles. The number of nitrogens with zero attached hydrogens (tertiary/aromatic N) is 4. The van der Waals surface area contributed by atoms with Crippen LogP contribution in [0.15, 0.2) is 54.7 Å². The molecule has 5 rings (SSSR count). The zero-order valence-corrected chi connectivity index (χ0v) is 19.7. The van der Waals surface area contributed by atoms with Crippen molar-refractivity contribution in [2.45, 2.75) is 26.3 Å². The normalized spacial score (nSPS) is 16.1. The van der Waals surface area contributed by atoms with Crippen molar-refractivity contribution < 1.29 is 13.9 Å². The fourth-order valence-corrected chi connectivity index (χ4v) is 5.13. The molecule has 1 N–H and O–H groups in total. The number of amides is 1. The topological polar surface area (TPSA) is 71.8 Å². The van der Waals surface area contributed by atoms with E-state index in [0.717, 1.165) is 52.0 Å². The highest BCUT2D eigenvalue weighted by Crippen LogP contribution is 2.30. The first kappa shape index (κ1) is 22.3. The molecule has 1 aliphatic heterocycles. The molecule has 7 nitrogen and oxygen atoms in total. The number of carbonyl (C=O) groups excluding carboxylic acids is 1. The molecule has 1 amide bonds. The highest BCUT2D eigenvalue weighted by atomic mass is 32.1. The number of para-hydroxylation sites is 1. The first-order valence-electron chi connectivity index (χ1n) is 11.5. The third-order valence-corrected chi connectivity index (χ3v) is 6.94. The van der Waals surface area contributed by atoms with Crippen LogP contribution in [0.1, 0.15) is 25.3 Å². The van der Waals surface area contributed by atoms with E-state index < -0.39 is 0 Å². The number of ether oxygens (including phenoxy) is 1. The van der Waals surface area contributed by atoms with Crippen molar-refractivity contribution in [2.75, 3.05) is 24.6 Å². The average Bonchev–Trinajstić information content (AvgIpc) is 3.44. The van der Waals surface area contributed by atoms with Crippen molar-refractivity contribution in [3.8, 4) is 17.0 Å². The number of anilines is 1. The zero-order chi connectivity index (χ0) is 23.5. The molecule has 4 aromatic rings. The van der Waals surface area contributed by atoms with E-state index >= 15 is 0 Å². The number of hydrogen-bond acceptors (Lipinski definition) is 6. The minimum Gasteiger partial charge on any atom is -0.494 e. The molecule has 1 saturated heterocycles. The molecule has 0 spiro atoms. The second kappa shape index (κ2) is 9.80. The Labute approximate surface area is 201 Å². The van der Waals surface area contributed by atoms with Gasteiger partial charge < -0.3 is 15.0 Å². The summed E-state index contributed by atoms with van der Waals surface area (Å²) in [6.07, 6.45) is 3.63. The number of halogens is 1. The van der Waals surface area contributed by atoms with E-state index in [1.807, 2.05) is 37.4 Å². The van der Waals surface area contributed by atoms with Crippen molar-refractivity contribution in [3.63, 3.8) is 0 Å². The van der Waals surface area contributed by atoms with Crippen molar-refractivity contribution in [1.29, 1.82) is 0 Å². The van der Waals surface area contributed by atoms with Crippen molar-refractivity contribution in [3.05, 3.63) is 66.1 Å². The van der Waals surface area contributed by atoms with Gasteiger partial charge in [-0.3, -0.25) is 4.79 Å². The monoisotopic (exact) mass is 479 g/mol. The number of fused-ring (bicyclic) bond motifs is 1. The quantitative estimate of drug-likeness (QED) is 0.422. The number of imidazole rings is 1. The van der Waals surface area contributed by atoms with Gasteiger partial charge in [-0.15, -0.1) is 5.10 Å². The largest absolute Gasteiger partial charge is 0.494 e. The van der Waals surface area contributed by atoms with Crippen LogP contribution in [0.5, 0.6) is 5.75 Å². The third kappa shape index (κ3) is 4.75. The molecule has 2 aromatic carbocycles. The van der Waals surface area contributed by atoms with Crippen LogP contribution in [0.25, 0.3) is 16.2 Å². The van der Waals surface area contributed by atoms with Crippen molar-refractivity contribution >= 4 is 27.3 Å². The number of benzene rings is 2.